The van der Waals surface area contributed by atoms with Gasteiger partial charge in [-0.2, -0.15) is 0 Å². The third-order valence-electron chi connectivity index (χ3n) is 0. The highest BCUT2D eigenvalue weighted by Gasteiger charge is -0.0148. The van der Waals surface area contributed by atoms with E-state index in [4.69, 9.17) is 0 Å². The van der Waals surface area contributed by atoms with Crippen molar-refractivity contribution in [2.24, 2.45) is 0 Å². The van der Waals surface area contributed by atoms with Crippen LogP contribution in [-0.2, 0) is 0 Å². The molecule has 0 heterocycles. The minimum absolute atomic E-state index is 0. The van der Waals surface area contributed by atoms with Gasteiger partial charge < -0.3 is 0 Å². The number of rotatable bonds is 0. The molecule has 0 aliphatic heterocycles. The molecule has 0 radical (unpaired) electrons. The standard InChI is InChI=1S/2ClH.2FH.H4Si/h4*1H;1H4. The van der Waals surface area contributed by atoms with Crippen molar-refractivity contribution in [2.75, 3.05) is 0 Å². The fourth-order valence-corrected chi connectivity index (χ4v) is 0. The van der Waals surface area contributed by atoms with Crippen LogP contribution < -0.4 is 0 Å². The van der Waals surface area contributed by atoms with E-state index >= 15 is 0 Å². The average Bonchev–Trinajstić information content (AvgIpc) is 0. The van der Waals surface area contributed by atoms with Gasteiger partial charge in [0.15, 0.2) is 0 Å². The fourth-order valence-electron chi connectivity index (χ4n) is 0. The lowest BCUT2D eigenvalue weighted by Gasteiger charge is -0.270. The van der Waals surface area contributed by atoms with Crippen LogP contribution in [0.15, 0.2) is 0 Å². The van der Waals surface area contributed by atoms with Gasteiger partial charge in [-0.3, -0.25) is 9.41 Å². The Labute approximate surface area is 45.9 Å². The summed E-state index contributed by atoms with van der Waals surface area (Å²) in [5.41, 5.74) is 0. The molecule has 0 bridgehead atoms. The molecular weight excluding hydrogens is 137 g/mol. The van der Waals surface area contributed by atoms with E-state index in [-0.39, 0.29) is 45.2 Å². The molecule has 0 fully saturated rings. The summed E-state index contributed by atoms with van der Waals surface area (Å²) < 4.78 is 0. The predicted octanol–water partition coefficient (Wildman–Crippen LogP) is -0.303. The van der Waals surface area contributed by atoms with Gasteiger partial charge in [0.05, 0.1) is 0 Å². The van der Waals surface area contributed by atoms with Crippen molar-refractivity contribution in [2.45, 2.75) is 0 Å². The second-order valence-corrected chi connectivity index (χ2v) is 0. The summed E-state index contributed by atoms with van der Waals surface area (Å²) in [6, 6.07) is 0. The van der Waals surface area contributed by atoms with E-state index in [2.05, 4.69) is 0 Å². The fraction of sp³-hybridized carbons (Fsp3) is 0. The summed E-state index contributed by atoms with van der Waals surface area (Å²) in [6.45, 7) is 0. The van der Waals surface area contributed by atoms with Crippen LogP contribution >= 0.6 is 24.8 Å². The maximum absolute atomic E-state index is 0. The SMILES string of the molecule is Cl.Cl.F.F.[SiH4]. The molecule has 0 atom stereocenters. The highest BCUT2D eigenvalue weighted by Crippen LogP contribution is 0.691. The van der Waals surface area contributed by atoms with Crippen molar-refractivity contribution in [3.8, 4) is 0 Å². The van der Waals surface area contributed by atoms with Gasteiger partial charge in [0, 0.05) is 0 Å². The van der Waals surface area contributed by atoms with Crippen LogP contribution in [0.2, 0.25) is 0 Å². The molecule has 0 N–H and O–H groups in total. The van der Waals surface area contributed by atoms with Gasteiger partial charge in [-0.15, -0.1) is 24.8 Å². The van der Waals surface area contributed by atoms with E-state index < -0.39 is 0 Å². The Kier molecular flexibility index (Phi) is 8210. The zero-order valence-corrected chi connectivity index (χ0v) is 3.27. The smallest absolute Gasteiger partial charge is 0.0149 e. The molecule has 0 aliphatic carbocycles. The minimum atomic E-state index is 0. The molecule has 5 heavy (non-hydrogen) atoms. The van der Waals surface area contributed by atoms with Gasteiger partial charge in [0.25, 0.3) is 0 Å². The molecule has 0 aliphatic rings. The predicted molar refractivity (Wildman–Crippen MR) is 30.8 cm³/mol. The summed E-state index contributed by atoms with van der Waals surface area (Å²) in [5.74, 6) is 0. The molecule has 0 spiro atoms. The maximum atomic E-state index is 0. The largest absolute Gasteiger partial charge is 0.269 e. The summed E-state index contributed by atoms with van der Waals surface area (Å²) in [6.07, 6.45) is 0. The molecular formula is H8Cl2F2Si. The Morgan fingerprint density at radius 1 is 0.600 bits per heavy atom. The number of hydrogen-bond donors (Lipinski definition) is 0. The highest BCUT2D eigenvalue weighted by atomic mass is 35.5. The first-order chi connectivity index (χ1) is 0. The Morgan fingerprint density at radius 2 is 0.600 bits per heavy atom. The van der Waals surface area contributed by atoms with Crippen molar-refractivity contribution in [3.05, 3.63) is 0 Å². The van der Waals surface area contributed by atoms with Crippen LogP contribution in [0.5, 0.6) is 0 Å². The van der Waals surface area contributed by atoms with Crippen LogP contribution in [0, 0.1) is 0 Å². The normalized spacial score (nSPS) is 0. The van der Waals surface area contributed by atoms with Gasteiger partial charge >= 0.3 is 0 Å². The molecule has 0 amide bonds. The Hall–Kier alpha value is 0.657. The Bertz CT molecular complexity index is 7.61. The van der Waals surface area contributed by atoms with E-state index in [1.54, 1.807) is 0 Å². The van der Waals surface area contributed by atoms with Gasteiger partial charge in [-0.25, -0.2) is 0 Å². The summed E-state index contributed by atoms with van der Waals surface area (Å²) in [7, 11) is 0. The van der Waals surface area contributed by atoms with Crippen molar-refractivity contribution < 1.29 is 9.41 Å². The van der Waals surface area contributed by atoms with Gasteiger partial charge in [-0.05, 0) is 11.0 Å². The lowest BCUT2D eigenvalue weighted by atomic mass is 19.0. The quantitative estimate of drug-likeness (QED) is 0.410. The zero-order chi connectivity index (χ0) is 0. The van der Waals surface area contributed by atoms with E-state index in [0.717, 1.165) is 0 Å². The summed E-state index contributed by atoms with van der Waals surface area (Å²) >= 11 is 0. The summed E-state index contributed by atoms with van der Waals surface area (Å²) in [5, 5.41) is 0. The number of halogens is 4. The molecule has 0 aromatic carbocycles. The molecule has 0 rings (SSSR count). The van der Waals surface area contributed by atoms with E-state index in [0.29, 0.717) is 0 Å². The van der Waals surface area contributed by atoms with Crippen LogP contribution in [0.1, 0.15) is 0 Å². The van der Waals surface area contributed by atoms with Crippen molar-refractivity contribution in [1.29, 1.82) is 0 Å². The number of hydrogen-bond acceptors (Lipinski definition) is 0. The van der Waals surface area contributed by atoms with Crippen LogP contribution in [-0.4, -0.2) is 11.0 Å². The minimum Gasteiger partial charge on any atom is -0.269 e. The molecule has 0 unspecified atom stereocenters. The third-order valence-corrected chi connectivity index (χ3v) is 0. The molecule has 0 saturated heterocycles. The van der Waals surface area contributed by atoms with Gasteiger partial charge in [0.1, 0.15) is 0 Å². The van der Waals surface area contributed by atoms with E-state index in [1.165, 1.54) is 0 Å². The highest BCUT2D eigenvalue weighted by molar-refractivity contribution is 5.85. The zero-order valence-electron chi connectivity index (χ0n) is 1.63. The Balaban J connectivity index is 0. The molecule has 0 nitrogen and oxygen atoms in total. The molecule has 0 saturated carbocycles. The van der Waals surface area contributed by atoms with Gasteiger partial charge in [0.2, 0.25) is 0 Å². The molecule has 0 aromatic heterocycles. The third kappa shape index (κ3) is 76.2. The lowest BCUT2D eigenvalue weighted by Crippen LogP contribution is -0.381. The molecule has 40 valence electrons. The Morgan fingerprint density at radius 3 is 0.600 bits per heavy atom. The average molecular weight is 145 g/mol. The van der Waals surface area contributed by atoms with Crippen LogP contribution in [0.3, 0.4) is 0 Å². The lowest BCUT2D eigenvalue weighted by molar-refractivity contribution is 1.11. The second kappa shape index (κ2) is 144. The topological polar surface area (TPSA) is 0 Å². The van der Waals surface area contributed by atoms with Crippen molar-refractivity contribution in [3.63, 3.8) is 0 Å². The van der Waals surface area contributed by atoms with E-state index in [9.17, 15) is 0 Å². The monoisotopic (exact) mass is 144 g/mol. The van der Waals surface area contributed by atoms with Crippen LogP contribution in [0.4, 0.5) is 9.41 Å². The molecule has 5 heteroatoms. The van der Waals surface area contributed by atoms with E-state index in [1.807, 2.05) is 0 Å². The second-order valence-electron chi connectivity index (χ2n) is 0. The van der Waals surface area contributed by atoms with Crippen molar-refractivity contribution in [1.82, 2.24) is 0 Å². The molecule has 0 aromatic rings. The maximum Gasteiger partial charge on any atom is -0.0149 e. The van der Waals surface area contributed by atoms with Crippen molar-refractivity contribution >= 4 is 35.8 Å². The van der Waals surface area contributed by atoms with Gasteiger partial charge in [-0.1, -0.05) is 0 Å². The van der Waals surface area contributed by atoms with Crippen LogP contribution in [0.25, 0.3) is 0 Å². The first kappa shape index (κ1) is 284. The first-order valence-corrected chi connectivity index (χ1v) is 0. The summed E-state index contributed by atoms with van der Waals surface area (Å²) in [4.78, 5) is 0. The first-order valence-electron chi connectivity index (χ1n) is 0.